The van der Waals surface area contributed by atoms with Crippen molar-refractivity contribution < 1.29 is 5.11 Å². The van der Waals surface area contributed by atoms with Crippen LogP contribution in [0.1, 0.15) is 0 Å². The van der Waals surface area contributed by atoms with Crippen LogP contribution in [0.2, 0.25) is 0 Å². The second kappa shape index (κ2) is 3.66. The molecule has 74 valence electrons. The van der Waals surface area contributed by atoms with Gasteiger partial charge in [-0.2, -0.15) is 0 Å². The molecule has 8 heteroatoms. The van der Waals surface area contributed by atoms with Crippen molar-refractivity contribution in [3.8, 4) is 11.4 Å². The van der Waals surface area contributed by atoms with E-state index >= 15 is 0 Å². The van der Waals surface area contributed by atoms with Gasteiger partial charge in [0.15, 0.2) is 5.82 Å². The maximum Gasteiger partial charge on any atom is 0.151 e. The van der Waals surface area contributed by atoms with Crippen LogP contribution in [0.15, 0.2) is 12.4 Å². The Balaban J connectivity index is 2.44. The van der Waals surface area contributed by atoms with Crippen LogP contribution in [-0.2, 0) is 6.73 Å². The van der Waals surface area contributed by atoms with Crippen molar-refractivity contribution in [2.75, 3.05) is 5.73 Å². The van der Waals surface area contributed by atoms with Crippen molar-refractivity contribution >= 4 is 19.3 Å². The van der Waals surface area contributed by atoms with Crippen molar-refractivity contribution in [2.45, 2.75) is 6.73 Å². The number of rotatable bonds is 2. The predicted octanol–water partition coefficient (Wildman–Crippen LogP) is -1.94. The van der Waals surface area contributed by atoms with E-state index in [0.29, 0.717) is 11.4 Å². The van der Waals surface area contributed by atoms with Gasteiger partial charge in [-0.05, 0) is 0 Å². The fourth-order valence-corrected chi connectivity index (χ4v) is 1.09. The summed E-state index contributed by atoms with van der Waals surface area (Å²) < 4.78 is 1.24. The van der Waals surface area contributed by atoms with Gasteiger partial charge in [-0.1, -0.05) is 5.21 Å². The fraction of sp³-hybridized carbons (Fsp3) is 0.143. The van der Waals surface area contributed by atoms with Gasteiger partial charge in [0.1, 0.15) is 26.0 Å². The summed E-state index contributed by atoms with van der Waals surface area (Å²) in [7, 11) is 5.40. The first-order valence-electron chi connectivity index (χ1n) is 4.10. The number of nitrogens with two attached hydrogens (primary N) is 1. The molecule has 0 aliphatic rings. The average molecular weight is 202 g/mol. The average Bonchev–Trinajstić information content (AvgIpc) is 2.66. The summed E-state index contributed by atoms with van der Waals surface area (Å²) in [6, 6.07) is 0. The molecule has 2 rings (SSSR count). The molecule has 2 heterocycles. The van der Waals surface area contributed by atoms with Crippen LogP contribution in [0.25, 0.3) is 11.4 Å². The Bertz CT molecular complexity index is 484. The zero-order valence-corrected chi connectivity index (χ0v) is 7.70. The number of nitrogen functional groups attached to an aromatic ring is 1. The summed E-state index contributed by atoms with van der Waals surface area (Å²) in [5.74, 6) is 0.181. The summed E-state index contributed by atoms with van der Waals surface area (Å²) in [6.07, 6.45) is 2.89. The molecule has 3 N–H and O–H groups in total. The third-order valence-electron chi connectivity index (χ3n) is 1.74. The molecule has 0 spiro atoms. The van der Waals surface area contributed by atoms with Crippen LogP contribution in [0.4, 0.5) is 5.82 Å². The van der Waals surface area contributed by atoms with Gasteiger partial charge >= 0.3 is 0 Å². The summed E-state index contributed by atoms with van der Waals surface area (Å²) in [6.45, 7) is -0.255. The summed E-state index contributed by atoms with van der Waals surface area (Å²) in [5.41, 5.74) is 6.68. The normalized spacial score (nSPS) is 10.5. The Labute approximate surface area is 86.4 Å². The van der Waals surface area contributed by atoms with E-state index in [1.807, 2.05) is 0 Å². The third-order valence-corrected chi connectivity index (χ3v) is 1.74. The largest absolute Gasteiger partial charge is 0.382 e. The molecular weight excluding hydrogens is 195 g/mol. The number of hydrogen-bond donors (Lipinski definition) is 2. The first-order chi connectivity index (χ1) is 7.20. The molecular formula is C7H7BN6O. The lowest BCUT2D eigenvalue weighted by molar-refractivity contribution is 0.192. The number of aliphatic hydroxyl groups excluding tert-OH is 1. The smallest absolute Gasteiger partial charge is 0.151 e. The minimum Gasteiger partial charge on any atom is -0.382 e. The van der Waals surface area contributed by atoms with E-state index in [-0.39, 0.29) is 18.1 Å². The van der Waals surface area contributed by atoms with Crippen molar-refractivity contribution in [1.29, 1.82) is 0 Å². The van der Waals surface area contributed by atoms with E-state index in [1.165, 1.54) is 17.1 Å². The number of aliphatic hydroxyl groups is 1. The molecule has 0 unspecified atom stereocenters. The number of hydrogen-bond acceptors (Lipinski definition) is 6. The van der Waals surface area contributed by atoms with Gasteiger partial charge in [0.05, 0.1) is 6.20 Å². The van der Waals surface area contributed by atoms with E-state index < -0.39 is 0 Å². The molecule has 0 aliphatic carbocycles. The van der Waals surface area contributed by atoms with Crippen molar-refractivity contribution in [3.63, 3.8) is 0 Å². The van der Waals surface area contributed by atoms with Crippen LogP contribution in [0.5, 0.6) is 0 Å². The molecule has 2 aromatic heterocycles. The molecule has 2 aromatic rings. The van der Waals surface area contributed by atoms with Gasteiger partial charge < -0.3 is 10.8 Å². The lowest BCUT2D eigenvalue weighted by Gasteiger charge is -2.00. The highest BCUT2D eigenvalue weighted by molar-refractivity contribution is 6.30. The van der Waals surface area contributed by atoms with Crippen LogP contribution >= 0.6 is 0 Å². The minimum atomic E-state index is -0.255. The van der Waals surface area contributed by atoms with E-state index in [1.54, 1.807) is 0 Å². The van der Waals surface area contributed by atoms with Crippen LogP contribution in [-0.4, -0.2) is 37.9 Å². The zero-order valence-electron chi connectivity index (χ0n) is 7.70. The quantitative estimate of drug-likeness (QED) is 0.549. The van der Waals surface area contributed by atoms with Crippen LogP contribution < -0.4 is 11.3 Å². The van der Waals surface area contributed by atoms with E-state index in [0.717, 1.165) is 0 Å². The number of aromatic nitrogens is 5. The minimum absolute atomic E-state index is 0.181. The van der Waals surface area contributed by atoms with Crippen molar-refractivity contribution in [1.82, 2.24) is 25.0 Å². The van der Waals surface area contributed by atoms with E-state index in [2.05, 4.69) is 20.3 Å². The third kappa shape index (κ3) is 1.79. The van der Waals surface area contributed by atoms with E-state index in [4.69, 9.17) is 18.7 Å². The Kier molecular flexibility index (Phi) is 2.34. The number of anilines is 1. The second-order valence-electron chi connectivity index (χ2n) is 2.81. The Hall–Kier alpha value is -1.96. The molecule has 15 heavy (non-hydrogen) atoms. The highest BCUT2D eigenvalue weighted by atomic mass is 16.3. The lowest BCUT2D eigenvalue weighted by Crippen LogP contribution is -2.12. The maximum atomic E-state index is 8.78. The number of nitrogens with zero attached hydrogens (tertiary/aromatic N) is 5. The Morgan fingerprint density at radius 1 is 1.53 bits per heavy atom. The monoisotopic (exact) mass is 202 g/mol. The van der Waals surface area contributed by atoms with Gasteiger partial charge in [0.25, 0.3) is 0 Å². The molecule has 0 saturated heterocycles. The van der Waals surface area contributed by atoms with Gasteiger partial charge in [-0.15, -0.1) is 5.10 Å². The molecule has 0 amide bonds. The van der Waals surface area contributed by atoms with Crippen LogP contribution in [0, 0.1) is 0 Å². The molecule has 0 atom stereocenters. The zero-order chi connectivity index (χ0) is 10.8. The van der Waals surface area contributed by atoms with Crippen molar-refractivity contribution in [3.05, 3.63) is 12.4 Å². The molecule has 0 saturated carbocycles. The summed E-state index contributed by atoms with van der Waals surface area (Å²) >= 11 is 0. The standard InChI is InChI=1S/C7H7BN6O/c8-5-1-10-6(7(9)11-5)4-2-14(3-15)13-12-4/h1-2,15H,3H2,(H2,9,11). The molecule has 0 fully saturated rings. The lowest BCUT2D eigenvalue weighted by atomic mass is 10.1. The van der Waals surface area contributed by atoms with Gasteiger partial charge in [-0.3, -0.25) is 0 Å². The Morgan fingerprint density at radius 3 is 2.93 bits per heavy atom. The highest BCUT2D eigenvalue weighted by Gasteiger charge is 2.09. The fourth-order valence-electron chi connectivity index (χ4n) is 1.09. The second-order valence-corrected chi connectivity index (χ2v) is 2.81. The molecule has 7 nitrogen and oxygen atoms in total. The molecule has 0 aromatic carbocycles. The van der Waals surface area contributed by atoms with Crippen LogP contribution in [0.3, 0.4) is 0 Å². The van der Waals surface area contributed by atoms with E-state index in [9.17, 15) is 0 Å². The SMILES string of the molecule is [B]c1cnc(-c2cn(CO)nn2)c(N)n1. The first kappa shape index (κ1) is 9.59. The molecule has 0 bridgehead atoms. The van der Waals surface area contributed by atoms with Gasteiger partial charge in [0.2, 0.25) is 0 Å². The van der Waals surface area contributed by atoms with Crippen molar-refractivity contribution in [2.24, 2.45) is 0 Å². The molecule has 0 aliphatic heterocycles. The first-order valence-corrected chi connectivity index (χ1v) is 4.10. The van der Waals surface area contributed by atoms with Gasteiger partial charge in [0, 0.05) is 11.8 Å². The predicted molar refractivity (Wildman–Crippen MR) is 53.1 cm³/mol. The highest BCUT2D eigenvalue weighted by Crippen LogP contribution is 2.16. The van der Waals surface area contributed by atoms with Gasteiger partial charge in [-0.25, -0.2) is 14.6 Å². The maximum absolute atomic E-state index is 8.78. The summed E-state index contributed by atoms with van der Waals surface area (Å²) in [4.78, 5) is 7.82. The summed E-state index contributed by atoms with van der Waals surface area (Å²) in [5, 5.41) is 16.2. The Morgan fingerprint density at radius 2 is 2.33 bits per heavy atom. The topological polar surface area (TPSA) is 103 Å². The molecule has 2 radical (unpaired) electrons.